The molecule has 3 aliphatic heterocycles. The Morgan fingerprint density at radius 1 is 1.31 bits per heavy atom. The molecule has 0 spiro atoms. The van der Waals surface area contributed by atoms with E-state index < -0.39 is 6.17 Å². The maximum atomic E-state index is 14.6. The quantitative estimate of drug-likeness (QED) is 0.726. The van der Waals surface area contributed by atoms with E-state index in [0.717, 1.165) is 42.9 Å². The molecule has 3 atom stereocenters. The monoisotopic (exact) mass is 355 g/mol. The SMILES string of the molecule is CC1=C(C2=NC3C=NC(N)=CC3C(NC3CCNCC3)=C2)C(F)CC=C1. The van der Waals surface area contributed by atoms with E-state index in [1.807, 2.05) is 31.2 Å². The van der Waals surface area contributed by atoms with Crippen LogP contribution in [0.1, 0.15) is 26.2 Å². The number of allylic oxidation sites excluding steroid dienone is 5. The van der Waals surface area contributed by atoms with Gasteiger partial charge in [0.15, 0.2) is 0 Å². The van der Waals surface area contributed by atoms with Crippen molar-refractivity contribution in [1.29, 1.82) is 0 Å². The minimum Gasteiger partial charge on any atom is -0.385 e. The fourth-order valence-electron chi connectivity index (χ4n) is 4.08. The lowest BCUT2D eigenvalue weighted by Gasteiger charge is -2.34. The van der Waals surface area contributed by atoms with Gasteiger partial charge in [0, 0.05) is 35.9 Å². The lowest BCUT2D eigenvalue weighted by molar-refractivity contribution is 0.388. The van der Waals surface area contributed by atoms with Gasteiger partial charge in [-0.25, -0.2) is 9.38 Å². The van der Waals surface area contributed by atoms with Crippen molar-refractivity contribution in [3.63, 3.8) is 0 Å². The third kappa shape index (κ3) is 3.38. The maximum Gasteiger partial charge on any atom is 0.131 e. The van der Waals surface area contributed by atoms with E-state index in [9.17, 15) is 4.39 Å². The molecule has 1 saturated heterocycles. The van der Waals surface area contributed by atoms with Gasteiger partial charge in [-0.15, -0.1) is 0 Å². The minimum atomic E-state index is -1.01. The molecule has 0 saturated carbocycles. The van der Waals surface area contributed by atoms with Gasteiger partial charge in [-0.1, -0.05) is 12.2 Å². The predicted octanol–water partition coefficient (Wildman–Crippen LogP) is 2.15. The summed E-state index contributed by atoms with van der Waals surface area (Å²) < 4.78 is 14.6. The van der Waals surface area contributed by atoms with E-state index >= 15 is 0 Å². The van der Waals surface area contributed by atoms with E-state index in [1.165, 1.54) is 0 Å². The first-order chi connectivity index (χ1) is 12.6. The Morgan fingerprint density at radius 3 is 2.88 bits per heavy atom. The summed E-state index contributed by atoms with van der Waals surface area (Å²) in [6, 6.07) is 0.281. The zero-order valence-corrected chi connectivity index (χ0v) is 15.1. The molecule has 0 radical (unpaired) electrons. The Morgan fingerprint density at radius 2 is 2.12 bits per heavy atom. The summed E-state index contributed by atoms with van der Waals surface area (Å²) in [4.78, 5) is 9.04. The number of nitrogens with two attached hydrogens (primary N) is 1. The Labute approximate surface area is 153 Å². The zero-order valence-electron chi connectivity index (χ0n) is 15.1. The molecule has 0 aromatic rings. The number of piperidine rings is 1. The highest BCUT2D eigenvalue weighted by Crippen LogP contribution is 2.31. The van der Waals surface area contributed by atoms with E-state index in [2.05, 4.69) is 15.6 Å². The highest BCUT2D eigenvalue weighted by atomic mass is 19.1. The normalized spacial score (nSPS) is 31.9. The van der Waals surface area contributed by atoms with Gasteiger partial charge in [-0.2, -0.15) is 0 Å². The van der Waals surface area contributed by atoms with Gasteiger partial charge in [0.05, 0.1) is 11.8 Å². The molecule has 6 heteroatoms. The number of hydrogen-bond donors (Lipinski definition) is 3. The van der Waals surface area contributed by atoms with Crippen molar-refractivity contribution < 1.29 is 4.39 Å². The van der Waals surface area contributed by atoms with Crippen LogP contribution in [0.4, 0.5) is 4.39 Å². The summed E-state index contributed by atoms with van der Waals surface area (Å²) in [5.41, 5.74) is 9.38. The van der Waals surface area contributed by atoms with Crippen molar-refractivity contribution in [2.24, 2.45) is 21.6 Å². The summed E-state index contributed by atoms with van der Waals surface area (Å²) in [5, 5.41) is 7.08. The molecule has 4 N–H and O–H groups in total. The summed E-state index contributed by atoms with van der Waals surface area (Å²) in [7, 11) is 0. The summed E-state index contributed by atoms with van der Waals surface area (Å²) in [6.07, 6.45) is 11.2. The molecular formula is C20H26FN5. The average Bonchev–Trinajstić information content (AvgIpc) is 2.63. The van der Waals surface area contributed by atoms with Crippen molar-refractivity contribution in [2.75, 3.05) is 13.1 Å². The first-order valence-electron chi connectivity index (χ1n) is 9.41. The second-order valence-electron chi connectivity index (χ2n) is 7.37. The number of dihydropyridines is 1. The summed E-state index contributed by atoms with van der Waals surface area (Å²) in [5.74, 6) is 0.562. The molecule has 1 aliphatic carbocycles. The Kier molecular flexibility index (Phi) is 4.76. The van der Waals surface area contributed by atoms with Gasteiger partial charge in [0.25, 0.3) is 0 Å². The third-order valence-corrected chi connectivity index (χ3v) is 5.47. The number of rotatable bonds is 3. The number of nitrogens with one attached hydrogen (secondary N) is 2. The van der Waals surface area contributed by atoms with Gasteiger partial charge in [0.2, 0.25) is 0 Å². The van der Waals surface area contributed by atoms with Crippen molar-refractivity contribution in [2.45, 2.75) is 44.4 Å². The number of fused-ring (bicyclic) bond motifs is 1. The van der Waals surface area contributed by atoms with E-state index in [-0.39, 0.29) is 12.0 Å². The van der Waals surface area contributed by atoms with Crippen LogP contribution >= 0.6 is 0 Å². The molecule has 138 valence electrons. The van der Waals surface area contributed by atoms with Gasteiger partial charge >= 0.3 is 0 Å². The van der Waals surface area contributed by atoms with Crippen molar-refractivity contribution in [3.8, 4) is 0 Å². The second-order valence-corrected chi connectivity index (χ2v) is 7.37. The summed E-state index contributed by atoms with van der Waals surface area (Å²) >= 11 is 0. The molecule has 26 heavy (non-hydrogen) atoms. The Bertz CT molecular complexity index is 752. The van der Waals surface area contributed by atoms with E-state index in [4.69, 9.17) is 10.7 Å². The zero-order chi connectivity index (χ0) is 18.1. The highest BCUT2D eigenvalue weighted by Gasteiger charge is 2.33. The van der Waals surface area contributed by atoms with Crippen LogP contribution < -0.4 is 16.4 Å². The Hall–Kier alpha value is -2.21. The second kappa shape index (κ2) is 7.19. The van der Waals surface area contributed by atoms with Crippen LogP contribution in [0.2, 0.25) is 0 Å². The van der Waals surface area contributed by atoms with Crippen LogP contribution in [0.5, 0.6) is 0 Å². The van der Waals surface area contributed by atoms with Crippen LogP contribution in [0, 0.1) is 5.92 Å². The van der Waals surface area contributed by atoms with Gasteiger partial charge in [0.1, 0.15) is 12.0 Å². The topological polar surface area (TPSA) is 74.8 Å². The van der Waals surface area contributed by atoms with Crippen LogP contribution in [-0.4, -0.2) is 43.3 Å². The van der Waals surface area contributed by atoms with Crippen molar-refractivity contribution in [3.05, 3.63) is 47.0 Å². The minimum absolute atomic E-state index is 0.0456. The number of halogens is 1. The number of aliphatic imine (C=N–C) groups is 2. The molecule has 0 aromatic carbocycles. The van der Waals surface area contributed by atoms with Crippen LogP contribution in [-0.2, 0) is 0 Å². The average molecular weight is 355 g/mol. The maximum absolute atomic E-state index is 14.6. The fourth-order valence-corrected chi connectivity index (χ4v) is 4.08. The van der Waals surface area contributed by atoms with Gasteiger partial charge in [-0.3, -0.25) is 4.99 Å². The molecule has 4 rings (SSSR count). The first kappa shape index (κ1) is 17.2. The largest absolute Gasteiger partial charge is 0.385 e. The molecular weight excluding hydrogens is 329 g/mol. The number of hydrogen-bond acceptors (Lipinski definition) is 5. The van der Waals surface area contributed by atoms with Crippen LogP contribution in [0.3, 0.4) is 0 Å². The molecule has 3 heterocycles. The summed E-state index contributed by atoms with van der Waals surface area (Å²) in [6.45, 7) is 3.98. The lowest BCUT2D eigenvalue weighted by atomic mass is 9.86. The van der Waals surface area contributed by atoms with E-state index in [1.54, 1.807) is 6.21 Å². The molecule has 0 amide bonds. The smallest absolute Gasteiger partial charge is 0.131 e. The molecule has 5 nitrogen and oxygen atoms in total. The number of alkyl halides is 1. The van der Waals surface area contributed by atoms with Crippen molar-refractivity contribution >= 4 is 11.9 Å². The van der Waals surface area contributed by atoms with Gasteiger partial charge < -0.3 is 16.4 Å². The third-order valence-electron chi connectivity index (χ3n) is 5.47. The van der Waals surface area contributed by atoms with Crippen molar-refractivity contribution in [1.82, 2.24) is 10.6 Å². The highest BCUT2D eigenvalue weighted by molar-refractivity contribution is 6.11. The van der Waals surface area contributed by atoms with E-state index in [0.29, 0.717) is 23.9 Å². The molecule has 4 aliphatic rings. The Balaban J connectivity index is 1.68. The van der Waals surface area contributed by atoms with Crippen LogP contribution in [0.25, 0.3) is 0 Å². The first-order valence-corrected chi connectivity index (χ1v) is 9.41. The fraction of sp³-hybridized carbons (Fsp3) is 0.500. The standard InChI is InChI=1S/C20H26FN5/c1-12-3-2-4-15(21)20(12)17-10-16(25-13-5-7-23-8-6-13)14-9-19(22)24-11-18(14)26-17/h2-3,9-11,13-15,18,23,25H,4-8,22H2,1H3. The number of nitrogens with zero attached hydrogens (tertiary/aromatic N) is 2. The molecule has 0 aromatic heterocycles. The van der Waals surface area contributed by atoms with Crippen LogP contribution in [0.15, 0.2) is 57.0 Å². The molecule has 3 unspecified atom stereocenters. The predicted molar refractivity (Wildman–Crippen MR) is 104 cm³/mol. The van der Waals surface area contributed by atoms with Gasteiger partial charge in [-0.05, 0) is 50.6 Å². The lowest BCUT2D eigenvalue weighted by Crippen LogP contribution is -2.44. The molecule has 0 bridgehead atoms. The molecule has 1 fully saturated rings.